The Morgan fingerprint density at radius 2 is 2.24 bits per heavy atom. The maximum atomic E-state index is 12.9. The van der Waals surface area contributed by atoms with E-state index in [2.05, 4.69) is 0 Å². The molecule has 1 aliphatic heterocycles. The predicted molar refractivity (Wildman–Crippen MR) is 59.2 cm³/mol. The highest BCUT2D eigenvalue weighted by Gasteiger charge is 2.37. The Labute approximate surface area is 97.7 Å². The van der Waals surface area contributed by atoms with E-state index in [1.165, 1.54) is 23.1 Å². The second-order valence-electron chi connectivity index (χ2n) is 4.10. The average molecular weight is 237 g/mol. The van der Waals surface area contributed by atoms with Crippen LogP contribution in [0.4, 0.5) is 10.1 Å². The molecule has 4 nitrogen and oxygen atoms in total. The third kappa shape index (κ3) is 2.00. The molecule has 0 saturated carbocycles. The minimum atomic E-state index is -1.10. The van der Waals surface area contributed by atoms with Gasteiger partial charge in [-0.15, -0.1) is 0 Å². The minimum absolute atomic E-state index is 0.297. The number of anilines is 1. The summed E-state index contributed by atoms with van der Waals surface area (Å²) in [6, 6.07) is 4.10. The summed E-state index contributed by atoms with van der Waals surface area (Å²) in [5.41, 5.74) is 1.21. The van der Waals surface area contributed by atoms with E-state index in [-0.39, 0.29) is 5.82 Å². The Morgan fingerprint density at radius 3 is 2.76 bits per heavy atom. The Morgan fingerprint density at radius 1 is 1.53 bits per heavy atom. The van der Waals surface area contributed by atoms with Crippen molar-refractivity contribution in [3.8, 4) is 0 Å². The SMILES string of the molecule is Cc1cc(F)ccc1N1CCC(C(=O)O)C1=O. The fraction of sp³-hybridized carbons (Fsp3) is 0.333. The van der Waals surface area contributed by atoms with Crippen LogP contribution in [-0.4, -0.2) is 23.5 Å². The van der Waals surface area contributed by atoms with E-state index in [0.717, 1.165) is 0 Å². The molecule has 1 aromatic carbocycles. The van der Waals surface area contributed by atoms with Gasteiger partial charge < -0.3 is 10.0 Å². The molecular formula is C12H12FNO3. The minimum Gasteiger partial charge on any atom is -0.481 e. The lowest BCUT2D eigenvalue weighted by Gasteiger charge is -2.18. The number of carbonyl (C=O) groups excluding carboxylic acids is 1. The highest BCUT2D eigenvalue weighted by atomic mass is 19.1. The zero-order chi connectivity index (χ0) is 12.6. The number of aliphatic carboxylic acids is 1. The van der Waals surface area contributed by atoms with Gasteiger partial charge in [0.05, 0.1) is 0 Å². The maximum Gasteiger partial charge on any atom is 0.316 e. The monoisotopic (exact) mass is 237 g/mol. The van der Waals surface area contributed by atoms with Gasteiger partial charge in [0.2, 0.25) is 5.91 Å². The maximum absolute atomic E-state index is 12.9. The quantitative estimate of drug-likeness (QED) is 0.794. The first-order valence-corrected chi connectivity index (χ1v) is 5.31. The topological polar surface area (TPSA) is 57.6 Å². The van der Waals surface area contributed by atoms with Crippen LogP contribution < -0.4 is 4.90 Å². The number of carboxylic acid groups (broad SMARTS) is 1. The van der Waals surface area contributed by atoms with E-state index < -0.39 is 17.8 Å². The lowest BCUT2D eigenvalue weighted by molar-refractivity contribution is -0.144. The predicted octanol–water partition coefficient (Wildman–Crippen LogP) is 1.57. The van der Waals surface area contributed by atoms with E-state index in [1.54, 1.807) is 6.92 Å². The highest BCUT2D eigenvalue weighted by Crippen LogP contribution is 2.28. The molecule has 1 unspecified atom stereocenters. The largest absolute Gasteiger partial charge is 0.481 e. The van der Waals surface area contributed by atoms with Gasteiger partial charge in [0.25, 0.3) is 0 Å². The molecule has 2 rings (SSSR count). The first kappa shape index (κ1) is 11.6. The number of hydrogen-bond donors (Lipinski definition) is 1. The van der Waals surface area contributed by atoms with Crippen molar-refractivity contribution >= 4 is 17.6 Å². The van der Waals surface area contributed by atoms with Gasteiger partial charge in [-0.2, -0.15) is 0 Å². The molecule has 1 saturated heterocycles. The second kappa shape index (κ2) is 4.16. The zero-order valence-electron chi connectivity index (χ0n) is 9.31. The summed E-state index contributed by atoms with van der Waals surface area (Å²) in [5, 5.41) is 8.85. The van der Waals surface area contributed by atoms with Crippen molar-refractivity contribution in [2.75, 3.05) is 11.4 Å². The van der Waals surface area contributed by atoms with Gasteiger partial charge in [-0.25, -0.2) is 4.39 Å². The van der Waals surface area contributed by atoms with Crippen LogP contribution in [0.1, 0.15) is 12.0 Å². The van der Waals surface area contributed by atoms with Crippen LogP contribution >= 0.6 is 0 Å². The molecule has 0 aliphatic carbocycles. The molecule has 1 aliphatic rings. The normalized spacial score (nSPS) is 19.8. The van der Waals surface area contributed by atoms with Gasteiger partial charge in [-0.05, 0) is 37.1 Å². The number of carbonyl (C=O) groups is 2. The van der Waals surface area contributed by atoms with Crippen molar-refractivity contribution in [3.05, 3.63) is 29.6 Å². The van der Waals surface area contributed by atoms with Crippen LogP contribution in [0.15, 0.2) is 18.2 Å². The van der Waals surface area contributed by atoms with Crippen molar-refractivity contribution in [3.63, 3.8) is 0 Å². The molecule has 5 heteroatoms. The molecule has 1 fully saturated rings. The average Bonchev–Trinajstić information content (AvgIpc) is 2.60. The molecule has 1 amide bonds. The molecule has 17 heavy (non-hydrogen) atoms. The van der Waals surface area contributed by atoms with Gasteiger partial charge in [0, 0.05) is 12.2 Å². The van der Waals surface area contributed by atoms with E-state index >= 15 is 0 Å². The van der Waals surface area contributed by atoms with Gasteiger partial charge in [-0.3, -0.25) is 9.59 Å². The van der Waals surface area contributed by atoms with Gasteiger partial charge in [0.15, 0.2) is 0 Å². The summed E-state index contributed by atoms with van der Waals surface area (Å²) in [6.07, 6.45) is 0.297. The molecule has 0 radical (unpaired) electrons. The summed E-state index contributed by atoms with van der Waals surface area (Å²) in [5.74, 6) is -2.86. The summed E-state index contributed by atoms with van der Waals surface area (Å²) >= 11 is 0. The number of hydrogen-bond acceptors (Lipinski definition) is 2. The first-order valence-electron chi connectivity index (χ1n) is 5.31. The van der Waals surface area contributed by atoms with E-state index in [9.17, 15) is 14.0 Å². The number of benzene rings is 1. The number of nitrogens with zero attached hydrogens (tertiary/aromatic N) is 1. The number of halogens is 1. The molecule has 1 aromatic rings. The fourth-order valence-electron chi connectivity index (χ4n) is 2.07. The number of carboxylic acids is 1. The third-order valence-corrected chi connectivity index (χ3v) is 2.95. The van der Waals surface area contributed by atoms with Crippen LogP contribution in [0.2, 0.25) is 0 Å². The summed E-state index contributed by atoms with van der Waals surface area (Å²) < 4.78 is 12.9. The highest BCUT2D eigenvalue weighted by molar-refractivity contribution is 6.07. The van der Waals surface area contributed by atoms with Crippen LogP contribution in [-0.2, 0) is 9.59 Å². The number of amides is 1. The number of aryl methyl sites for hydroxylation is 1. The van der Waals surface area contributed by atoms with Crippen LogP contribution in [0, 0.1) is 18.7 Å². The van der Waals surface area contributed by atoms with Crippen LogP contribution in [0.5, 0.6) is 0 Å². The summed E-state index contributed by atoms with van der Waals surface area (Å²) in [4.78, 5) is 24.1. The van der Waals surface area contributed by atoms with E-state index in [0.29, 0.717) is 24.2 Å². The summed E-state index contributed by atoms with van der Waals surface area (Å²) in [6.45, 7) is 2.06. The second-order valence-corrected chi connectivity index (χ2v) is 4.10. The lowest BCUT2D eigenvalue weighted by Crippen LogP contribution is -2.30. The zero-order valence-corrected chi connectivity index (χ0v) is 9.31. The molecular weight excluding hydrogens is 225 g/mol. The van der Waals surface area contributed by atoms with Crippen molar-refractivity contribution in [2.24, 2.45) is 5.92 Å². The van der Waals surface area contributed by atoms with Crippen molar-refractivity contribution in [1.82, 2.24) is 0 Å². The Hall–Kier alpha value is -1.91. The Balaban J connectivity index is 2.30. The summed E-state index contributed by atoms with van der Waals surface area (Å²) in [7, 11) is 0. The van der Waals surface area contributed by atoms with Crippen molar-refractivity contribution in [2.45, 2.75) is 13.3 Å². The standard InChI is InChI=1S/C12H12FNO3/c1-7-6-8(13)2-3-10(7)14-5-4-9(11(14)15)12(16)17/h2-3,6,9H,4-5H2,1H3,(H,16,17). The van der Waals surface area contributed by atoms with Gasteiger partial charge >= 0.3 is 5.97 Å². The van der Waals surface area contributed by atoms with E-state index in [1.807, 2.05) is 0 Å². The van der Waals surface area contributed by atoms with Crippen LogP contribution in [0.25, 0.3) is 0 Å². The van der Waals surface area contributed by atoms with E-state index in [4.69, 9.17) is 5.11 Å². The fourth-order valence-corrected chi connectivity index (χ4v) is 2.07. The Kier molecular flexibility index (Phi) is 2.83. The Bertz CT molecular complexity index is 487. The lowest BCUT2D eigenvalue weighted by atomic mass is 10.1. The smallest absolute Gasteiger partial charge is 0.316 e. The number of rotatable bonds is 2. The van der Waals surface area contributed by atoms with Crippen molar-refractivity contribution in [1.29, 1.82) is 0 Å². The molecule has 1 N–H and O–H groups in total. The molecule has 1 atom stereocenters. The third-order valence-electron chi connectivity index (χ3n) is 2.95. The van der Waals surface area contributed by atoms with Gasteiger partial charge in [-0.1, -0.05) is 0 Å². The molecule has 1 heterocycles. The molecule has 0 spiro atoms. The van der Waals surface area contributed by atoms with Gasteiger partial charge in [0.1, 0.15) is 11.7 Å². The molecule has 90 valence electrons. The molecule has 0 aromatic heterocycles. The van der Waals surface area contributed by atoms with Crippen LogP contribution in [0.3, 0.4) is 0 Å². The van der Waals surface area contributed by atoms with Crippen molar-refractivity contribution < 1.29 is 19.1 Å². The molecule has 0 bridgehead atoms. The first-order chi connectivity index (χ1) is 8.00.